The molecule has 1 N–H and O–H groups in total. The summed E-state index contributed by atoms with van der Waals surface area (Å²) in [5.41, 5.74) is 0. The Morgan fingerprint density at radius 3 is 2.96 bits per heavy atom. The highest BCUT2D eigenvalue weighted by atomic mass is 32.1. The van der Waals surface area contributed by atoms with E-state index in [2.05, 4.69) is 33.8 Å². The third kappa shape index (κ3) is 3.90. The van der Waals surface area contributed by atoms with Gasteiger partial charge in [0.2, 0.25) is 6.39 Å². The molecule has 7 heteroatoms. The Balaban J connectivity index is 1.54. The van der Waals surface area contributed by atoms with Gasteiger partial charge in [-0.2, -0.15) is 4.98 Å². The third-order valence-corrected chi connectivity index (χ3v) is 5.27. The van der Waals surface area contributed by atoms with Crippen molar-refractivity contribution in [3.05, 3.63) is 34.6 Å². The number of nitrogens with one attached hydrogen (secondary N) is 1. The summed E-state index contributed by atoms with van der Waals surface area (Å²) in [6, 6.07) is 4.27. The number of piperidine rings is 1. The van der Waals surface area contributed by atoms with Crippen LogP contribution in [0.25, 0.3) is 0 Å². The van der Waals surface area contributed by atoms with Crippen LogP contribution in [0.4, 0.5) is 4.79 Å². The molecule has 2 aromatic rings. The number of likely N-dealkylation sites (tertiary alicyclic amines) is 1. The van der Waals surface area contributed by atoms with Crippen LogP contribution in [0.5, 0.6) is 0 Å². The summed E-state index contributed by atoms with van der Waals surface area (Å²) in [5, 5.41) is 9.16. The van der Waals surface area contributed by atoms with Gasteiger partial charge in [0.1, 0.15) is 0 Å². The lowest BCUT2D eigenvalue weighted by Crippen LogP contribution is -2.45. The Bertz CT molecular complexity index is 592. The van der Waals surface area contributed by atoms with Gasteiger partial charge in [-0.15, -0.1) is 11.3 Å². The number of carbonyl (C=O) groups excluding carboxylic acids is 1. The first kappa shape index (κ1) is 16.0. The normalized spacial score (nSPS) is 17.2. The summed E-state index contributed by atoms with van der Waals surface area (Å²) in [5.74, 6) is 1.05. The molecule has 0 bridgehead atoms. The second-order valence-corrected chi connectivity index (χ2v) is 6.84. The van der Waals surface area contributed by atoms with Crippen LogP contribution < -0.4 is 5.32 Å². The minimum absolute atomic E-state index is 0.0309. The van der Waals surface area contributed by atoms with Gasteiger partial charge in [0.05, 0.1) is 6.04 Å². The molecule has 1 fully saturated rings. The van der Waals surface area contributed by atoms with Gasteiger partial charge in [0.25, 0.3) is 0 Å². The van der Waals surface area contributed by atoms with Gasteiger partial charge in [-0.1, -0.05) is 24.6 Å². The van der Waals surface area contributed by atoms with E-state index in [9.17, 15) is 4.79 Å². The molecule has 0 saturated carbocycles. The predicted octanol–water partition coefficient (Wildman–Crippen LogP) is 3.56. The van der Waals surface area contributed by atoms with E-state index in [4.69, 9.17) is 4.52 Å². The highest BCUT2D eigenvalue weighted by Crippen LogP contribution is 2.27. The molecule has 124 valence electrons. The number of rotatable bonds is 5. The fraction of sp³-hybridized carbons (Fsp3) is 0.562. The van der Waals surface area contributed by atoms with Crippen LogP contribution in [0.2, 0.25) is 0 Å². The number of hydrogen-bond donors (Lipinski definition) is 1. The molecule has 0 aromatic carbocycles. The molecule has 0 spiro atoms. The molecule has 1 aliphatic heterocycles. The minimum atomic E-state index is 0.0309. The van der Waals surface area contributed by atoms with Gasteiger partial charge in [0.15, 0.2) is 5.82 Å². The van der Waals surface area contributed by atoms with Crippen molar-refractivity contribution >= 4 is 17.4 Å². The number of hydrogen-bond acceptors (Lipinski definition) is 5. The van der Waals surface area contributed by atoms with Crippen LogP contribution in [0.3, 0.4) is 0 Å². The summed E-state index contributed by atoms with van der Waals surface area (Å²) >= 11 is 1.70. The SMILES string of the molecule is CCC[C@H](NC(=O)N1CCC(c2ncon2)CC1)c1cccs1. The summed E-state index contributed by atoms with van der Waals surface area (Å²) in [7, 11) is 0. The number of carbonyl (C=O) groups is 1. The quantitative estimate of drug-likeness (QED) is 0.907. The molecule has 3 heterocycles. The lowest BCUT2D eigenvalue weighted by atomic mass is 9.96. The van der Waals surface area contributed by atoms with Gasteiger partial charge in [-0.05, 0) is 30.7 Å². The van der Waals surface area contributed by atoms with Gasteiger partial charge in [0, 0.05) is 23.9 Å². The van der Waals surface area contributed by atoms with Crippen LogP contribution in [-0.2, 0) is 0 Å². The van der Waals surface area contributed by atoms with E-state index in [1.54, 1.807) is 11.3 Å². The van der Waals surface area contributed by atoms with Crippen molar-refractivity contribution in [3.8, 4) is 0 Å². The second kappa shape index (κ2) is 7.59. The average molecular weight is 334 g/mol. The van der Waals surface area contributed by atoms with Crippen LogP contribution in [0, 0.1) is 0 Å². The van der Waals surface area contributed by atoms with Gasteiger partial charge in [-0.3, -0.25) is 0 Å². The molecular weight excluding hydrogens is 312 g/mol. The maximum atomic E-state index is 12.5. The Hall–Kier alpha value is -1.89. The largest absolute Gasteiger partial charge is 0.343 e. The fourth-order valence-electron chi connectivity index (χ4n) is 3.00. The van der Waals surface area contributed by atoms with Crippen molar-refractivity contribution in [2.75, 3.05) is 13.1 Å². The second-order valence-electron chi connectivity index (χ2n) is 5.86. The summed E-state index contributed by atoms with van der Waals surface area (Å²) < 4.78 is 4.81. The number of aromatic nitrogens is 2. The maximum absolute atomic E-state index is 12.5. The molecule has 3 rings (SSSR count). The molecule has 6 nitrogen and oxygen atoms in total. The van der Waals surface area contributed by atoms with Crippen molar-refractivity contribution < 1.29 is 9.32 Å². The number of urea groups is 1. The molecule has 1 aliphatic rings. The van der Waals surface area contributed by atoms with E-state index in [-0.39, 0.29) is 12.1 Å². The zero-order chi connectivity index (χ0) is 16.1. The third-order valence-electron chi connectivity index (χ3n) is 4.29. The zero-order valence-corrected chi connectivity index (χ0v) is 14.1. The van der Waals surface area contributed by atoms with Gasteiger partial charge < -0.3 is 14.7 Å². The Morgan fingerprint density at radius 2 is 2.35 bits per heavy atom. The molecular formula is C16H22N4O2S. The highest BCUT2D eigenvalue weighted by molar-refractivity contribution is 7.10. The standard InChI is InChI=1S/C16H22N4O2S/c1-2-4-13(14-5-3-10-23-14)18-16(21)20-8-6-12(7-9-20)15-17-11-22-19-15/h3,5,10-13H,2,4,6-9H2,1H3,(H,18,21)/t13-/m0/s1. The van der Waals surface area contributed by atoms with Crippen molar-refractivity contribution in [2.45, 2.75) is 44.6 Å². The molecule has 0 radical (unpaired) electrons. The molecule has 0 unspecified atom stereocenters. The van der Waals surface area contributed by atoms with E-state index < -0.39 is 0 Å². The van der Waals surface area contributed by atoms with Crippen LogP contribution in [0.1, 0.15) is 55.3 Å². The maximum Gasteiger partial charge on any atom is 0.317 e. The first-order valence-corrected chi connectivity index (χ1v) is 9.01. The number of amides is 2. The van der Waals surface area contributed by atoms with Crippen molar-refractivity contribution in [3.63, 3.8) is 0 Å². The predicted molar refractivity (Wildman–Crippen MR) is 88.3 cm³/mol. The first-order chi connectivity index (χ1) is 11.3. The average Bonchev–Trinajstić information content (AvgIpc) is 3.28. The lowest BCUT2D eigenvalue weighted by Gasteiger charge is -2.32. The number of thiophene rings is 1. The van der Waals surface area contributed by atoms with E-state index in [1.165, 1.54) is 11.3 Å². The minimum Gasteiger partial charge on any atom is -0.343 e. The first-order valence-electron chi connectivity index (χ1n) is 8.13. The van der Waals surface area contributed by atoms with E-state index in [0.717, 1.165) is 44.6 Å². The zero-order valence-electron chi connectivity index (χ0n) is 13.3. The molecule has 23 heavy (non-hydrogen) atoms. The highest BCUT2D eigenvalue weighted by Gasteiger charge is 2.27. The van der Waals surface area contributed by atoms with Crippen LogP contribution in [0.15, 0.2) is 28.4 Å². The van der Waals surface area contributed by atoms with Crippen molar-refractivity contribution in [1.82, 2.24) is 20.4 Å². The van der Waals surface area contributed by atoms with Crippen molar-refractivity contribution in [2.24, 2.45) is 0 Å². The molecule has 1 atom stereocenters. The molecule has 1 saturated heterocycles. The van der Waals surface area contributed by atoms with E-state index in [1.807, 2.05) is 11.0 Å². The molecule has 2 aromatic heterocycles. The Labute approximate surface area is 139 Å². The molecule has 2 amide bonds. The molecule has 0 aliphatic carbocycles. The summed E-state index contributed by atoms with van der Waals surface area (Å²) in [6.45, 7) is 3.60. The summed E-state index contributed by atoms with van der Waals surface area (Å²) in [4.78, 5) is 19.8. The van der Waals surface area contributed by atoms with Gasteiger partial charge in [-0.25, -0.2) is 4.79 Å². The number of nitrogens with zero attached hydrogens (tertiary/aromatic N) is 3. The smallest absolute Gasteiger partial charge is 0.317 e. The van der Waals surface area contributed by atoms with E-state index >= 15 is 0 Å². The van der Waals surface area contributed by atoms with Crippen molar-refractivity contribution in [1.29, 1.82) is 0 Å². The Kier molecular flexibility index (Phi) is 5.27. The van der Waals surface area contributed by atoms with Crippen LogP contribution >= 0.6 is 11.3 Å². The summed E-state index contributed by atoms with van der Waals surface area (Å²) in [6.07, 6.45) is 5.13. The monoisotopic (exact) mass is 334 g/mol. The van der Waals surface area contributed by atoms with Crippen LogP contribution in [-0.4, -0.2) is 34.2 Å². The topological polar surface area (TPSA) is 71.3 Å². The lowest BCUT2D eigenvalue weighted by molar-refractivity contribution is 0.175. The van der Waals surface area contributed by atoms with E-state index in [0.29, 0.717) is 5.92 Å². The fourth-order valence-corrected chi connectivity index (χ4v) is 3.82. The Morgan fingerprint density at radius 1 is 1.52 bits per heavy atom. The van der Waals surface area contributed by atoms with Gasteiger partial charge >= 0.3 is 6.03 Å².